The number of carbonyl (C=O) groups is 1. The van der Waals surface area contributed by atoms with E-state index in [-0.39, 0.29) is 18.1 Å². The molecule has 4 fully saturated rings. The van der Waals surface area contributed by atoms with E-state index in [2.05, 4.69) is 26.1 Å². The normalized spacial score (nSPS) is 47.3. The molecule has 0 bridgehead atoms. The fraction of sp³-hybridized carbons (Fsp3) is 0.958. The SMILES string of the molecule is CC(=O)O[C@H]1CC[C@@]2(C)[C@@H](CC[C@@H]3[C@@H]2CC[C@]2(C)[C@@H]([C@@H](C)N(C)N=O)CC[C@@H]32)C1. The lowest BCUT2D eigenvalue weighted by atomic mass is 9.44. The molecule has 4 rings (SSSR count). The van der Waals surface area contributed by atoms with Crippen LogP contribution in [0.4, 0.5) is 0 Å². The predicted octanol–water partition coefficient (Wildman–Crippen LogP) is 5.58. The molecule has 0 saturated heterocycles. The Morgan fingerprint density at radius 1 is 1.03 bits per heavy atom. The average Bonchev–Trinajstić information content (AvgIpc) is 3.03. The number of carbonyl (C=O) groups excluding carboxylic acids is 1. The Kier molecular flexibility index (Phi) is 5.48. The van der Waals surface area contributed by atoms with Crippen LogP contribution in [0.2, 0.25) is 0 Å². The second-order valence-electron chi connectivity index (χ2n) is 11.3. The van der Waals surface area contributed by atoms with Crippen molar-refractivity contribution in [3.05, 3.63) is 4.91 Å². The largest absolute Gasteiger partial charge is 0.463 e. The van der Waals surface area contributed by atoms with Crippen LogP contribution in [0.5, 0.6) is 0 Å². The van der Waals surface area contributed by atoms with E-state index >= 15 is 0 Å². The fourth-order valence-electron chi connectivity index (χ4n) is 8.73. The number of esters is 1. The highest BCUT2D eigenvalue weighted by molar-refractivity contribution is 5.66. The van der Waals surface area contributed by atoms with Crippen molar-refractivity contribution in [3.8, 4) is 0 Å². The van der Waals surface area contributed by atoms with Gasteiger partial charge in [0.05, 0.1) is 11.3 Å². The third-order valence-corrected chi connectivity index (χ3v) is 10.3. The lowest BCUT2D eigenvalue weighted by Gasteiger charge is -2.61. The maximum Gasteiger partial charge on any atom is 0.302 e. The number of rotatable bonds is 4. The van der Waals surface area contributed by atoms with Gasteiger partial charge in [0.1, 0.15) is 6.10 Å². The molecule has 0 aromatic rings. The zero-order valence-corrected chi connectivity index (χ0v) is 19.0. The molecule has 4 aliphatic rings. The van der Waals surface area contributed by atoms with Crippen molar-refractivity contribution in [2.45, 2.75) is 97.6 Å². The smallest absolute Gasteiger partial charge is 0.302 e. The lowest BCUT2D eigenvalue weighted by molar-refractivity contribution is -0.160. The molecule has 0 aromatic carbocycles. The fourth-order valence-corrected chi connectivity index (χ4v) is 8.73. The van der Waals surface area contributed by atoms with Crippen LogP contribution in [-0.2, 0) is 9.53 Å². The highest BCUT2D eigenvalue weighted by Crippen LogP contribution is 2.68. The van der Waals surface area contributed by atoms with Gasteiger partial charge in [0.25, 0.3) is 0 Å². The predicted molar refractivity (Wildman–Crippen MR) is 114 cm³/mol. The van der Waals surface area contributed by atoms with Gasteiger partial charge in [-0.3, -0.25) is 9.80 Å². The molecule has 0 aliphatic heterocycles. The molecule has 5 heteroatoms. The minimum absolute atomic E-state index is 0.123. The van der Waals surface area contributed by atoms with Crippen molar-refractivity contribution in [2.24, 2.45) is 45.7 Å². The van der Waals surface area contributed by atoms with Crippen LogP contribution in [-0.4, -0.2) is 30.2 Å². The maximum absolute atomic E-state index is 11.4. The van der Waals surface area contributed by atoms with E-state index in [1.807, 2.05) is 7.05 Å². The van der Waals surface area contributed by atoms with Crippen molar-refractivity contribution >= 4 is 5.97 Å². The first-order chi connectivity index (χ1) is 13.7. The van der Waals surface area contributed by atoms with Gasteiger partial charge in [-0.15, -0.1) is 4.91 Å². The molecule has 0 aromatic heterocycles. The summed E-state index contributed by atoms with van der Waals surface area (Å²) in [7, 11) is 1.84. The Balaban J connectivity index is 1.51. The van der Waals surface area contributed by atoms with Crippen LogP contribution in [0.1, 0.15) is 85.5 Å². The minimum atomic E-state index is -0.123. The summed E-state index contributed by atoms with van der Waals surface area (Å²) in [6, 6.07) is 0.227. The van der Waals surface area contributed by atoms with Crippen LogP contribution < -0.4 is 0 Å². The molecule has 0 radical (unpaired) electrons. The van der Waals surface area contributed by atoms with E-state index in [1.54, 1.807) is 11.9 Å². The van der Waals surface area contributed by atoms with Gasteiger partial charge in [0.15, 0.2) is 0 Å². The first kappa shape index (κ1) is 21.1. The number of fused-ring (bicyclic) bond motifs is 5. The third-order valence-electron chi connectivity index (χ3n) is 10.3. The molecule has 164 valence electrons. The monoisotopic (exact) mass is 404 g/mol. The molecule has 0 N–H and O–H groups in total. The zero-order chi connectivity index (χ0) is 21.0. The van der Waals surface area contributed by atoms with Crippen molar-refractivity contribution < 1.29 is 9.53 Å². The number of nitroso groups, excluding NO2 is 1. The molecule has 9 atom stereocenters. The molecule has 29 heavy (non-hydrogen) atoms. The van der Waals surface area contributed by atoms with E-state index in [0.717, 1.165) is 30.6 Å². The van der Waals surface area contributed by atoms with E-state index < -0.39 is 0 Å². The summed E-state index contributed by atoms with van der Waals surface area (Å²) in [6.07, 6.45) is 11.2. The van der Waals surface area contributed by atoms with Crippen molar-refractivity contribution in [2.75, 3.05) is 7.05 Å². The molecule has 0 amide bonds. The first-order valence-corrected chi connectivity index (χ1v) is 11.9. The van der Waals surface area contributed by atoms with E-state index in [1.165, 1.54) is 44.9 Å². The number of ether oxygens (including phenoxy) is 1. The zero-order valence-electron chi connectivity index (χ0n) is 19.0. The Bertz CT molecular complexity index is 654. The van der Waals surface area contributed by atoms with Gasteiger partial charge in [0, 0.05) is 14.0 Å². The molecule has 0 spiro atoms. The van der Waals surface area contributed by atoms with Gasteiger partial charge < -0.3 is 4.74 Å². The minimum Gasteiger partial charge on any atom is -0.463 e. The van der Waals surface area contributed by atoms with Crippen LogP contribution in [0.15, 0.2) is 5.29 Å². The van der Waals surface area contributed by atoms with Gasteiger partial charge in [-0.2, -0.15) is 0 Å². The van der Waals surface area contributed by atoms with Crippen LogP contribution in [0.3, 0.4) is 0 Å². The van der Waals surface area contributed by atoms with E-state index in [9.17, 15) is 9.70 Å². The Morgan fingerprint density at radius 2 is 1.72 bits per heavy atom. The standard InChI is InChI=1S/C24H40N2O3/c1-15(26(5)25-28)20-8-9-21-19-7-6-17-14-18(29-16(2)27)10-12-23(17,3)22(19)11-13-24(20,21)4/h15,17-22H,6-14H2,1-5H3/t15-,17+,18+,19+,20-,21+,22+,23+,24-/m1/s1. The molecule has 4 aliphatic carbocycles. The highest BCUT2D eigenvalue weighted by atomic mass is 16.5. The van der Waals surface area contributed by atoms with Crippen molar-refractivity contribution in [3.63, 3.8) is 0 Å². The molecule has 4 saturated carbocycles. The van der Waals surface area contributed by atoms with Gasteiger partial charge in [-0.25, -0.2) is 0 Å². The topological polar surface area (TPSA) is 59.0 Å². The second kappa shape index (κ2) is 7.53. The van der Waals surface area contributed by atoms with Gasteiger partial charge in [-0.1, -0.05) is 13.8 Å². The Labute approximate surface area is 176 Å². The second-order valence-corrected chi connectivity index (χ2v) is 11.3. The highest BCUT2D eigenvalue weighted by Gasteiger charge is 2.61. The molecular formula is C24H40N2O3. The van der Waals surface area contributed by atoms with Crippen LogP contribution >= 0.6 is 0 Å². The third kappa shape index (κ3) is 3.31. The summed E-state index contributed by atoms with van der Waals surface area (Å²) < 4.78 is 5.60. The number of hydrogen-bond acceptors (Lipinski definition) is 4. The summed E-state index contributed by atoms with van der Waals surface area (Å²) in [4.78, 5) is 22.6. The molecular weight excluding hydrogens is 364 g/mol. The van der Waals surface area contributed by atoms with E-state index in [4.69, 9.17) is 4.74 Å². The lowest BCUT2D eigenvalue weighted by Crippen LogP contribution is -2.55. The van der Waals surface area contributed by atoms with Gasteiger partial charge in [0.2, 0.25) is 0 Å². The van der Waals surface area contributed by atoms with Crippen LogP contribution in [0.25, 0.3) is 0 Å². The summed E-state index contributed by atoms with van der Waals surface area (Å²) in [5.41, 5.74) is 0.753. The quantitative estimate of drug-likeness (QED) is 0.349. The van der Waals surface area contributed by atoms with Gasteiger partial charge in [-0.05, 0) is 105 Å². The average molecular weight is 405 g/mol. The molecule has 0 unspecified atom stereocenters. The van der Waals surface area contributed by atoms with E-state index in [0.29, 0.717) is 22.7 Å². The number of nitrogens with zero attached hydrogens (tertiary/aromatic N) is 2. The number of hydrogen-bond donors (Lipinski definition) is 0. The van der Waals surface area contributed by atoms with Crippen molar-refractivity contribution in [1.82, 2.24) is 5.01 Å². The summed E-state index contributed by atoms with van der Waals surface area (Å²) in [5.74, 6) is 3.58. The Morgan fingerprint density at radius 3 is 2.41 bits per heavy atom. The summed E-state index contributed by atoms with van der Waals surface area (Å²) in [5, 5.41) is 4.87. The first-order valence-electron chi connectivity index (χ1n) is 11.9. The van der Waals surface area contributed by atoms with Gasteiger partial charge >= 0.3 is 5.97 Å². The molecule has 5 nitrogen and oxygen atoms in total. The summed E-state index contributed by atoms with van der Waals surface area (Å²) in [6.45, 7) is 8.81. The van der Waals surface area contributed by atoms with Crippen LogP contribution in [0, 0.1) is 45.3 Å². The molecule has 0 heterocycles. The van der Waals surface area contributed by atoms with Crippen molar-refractivity contribution in [1.29, 1.82) is 0 Å². The summed E-state index contributed by atoms with van der Waals surface area (Å²) >= 11 is 0. The maximum atomic E-state index is 11.4. The Hall–Kier alpha value is -1.13.